The summed E-state index contributed by atoms with van der Waals surface area (Å²) in [7, 11) is 1.64. The van der Waals surface area contributed by atoms with Crippen LogP contribution in [0.4, 0.5) is 17.1 Å². The third kappa shape index (κ3) is 6.56. The van der Waals surface area contributed by atoms with Crippen LogP contribution in [0.2, 0.25) is 0 Å². The fourth-order valence-corrected chi connectivity index (χ4v) is 4.70. The number of anilines is 3. The number of benzene rings is 2. The monoisotopic (exact) mass is 476 g/mol. The molecule has 0 bridgehead atoms. The van der Waals surface area contributed by atoms with E-state index in [9.17, 15) is 9.59 Å². The molecule has 0 saturated carbocycles. The molecule has 0 aliphatic carbocycles. The van der Waals surface area contributed by atoms with Gasteiger partial charge in [0.05, 0.1) is 24.4 Å². The van der Waals surface area contributed by atoms with E-state index in [-0.39, 0.29) is 17.9 Å². The Bertz CT molecular complexity index is 1080. The second-order valence-corrected chi connectivity index (χ2v) is 9.26. The van der Waals surface area contributed by atoms with Crippen molar-refractivity contribution in [1.82, 2.24) is 5.32 Å². The molecule has 4 rings (SSSR count). The molecule has 0 saturated heterocycles. The Hall–Kier alpha value is -3.48. The number of hydrogen-bond donors (Lipinski definition) is 3. The van der Waals surface area contributed by atoms with Crippen molar-refractivity contribution in [3.8, 4) is 5.75 Å². The van der Waals surface area contributed by atoms with E-state index in [1.807, 2.05) is 25.1 Å². The molecule has 1 atom stereocenters. The SMILES string of the molecule is CNC(=O)CCOc1ccc2c(c1)N(CCC/C=C/c1cccc3c1NC(C)CC(=O)N3)CCC2. The number of amides is 2. The minimum absolute atomic E-state index is 0.0146. The molecule has 2 aliphatic rings. The van der Waals surface area contributed by atoms with E-state index < -0.39 is 0 Å². The van der Waals surface area contributed by atoms with Crippen molar-refractivity contribution in [2.24, 2.45) is 0 Å². The predicted molar refractivity (Wildman–Crippen MR) is 142 cm³/mol. The average Bonchev–Trinajstić information content (AvgIpc) is 3.00. The van der Waals surface area contributed by atoms with Crippen molar-refractivity contribution in [1.29, 1.82) is 0 Å². The fourth-order valence-electron chi connectivity index (χ4n) is 4.70. The first-order valence-corrected chi connectivity index (χ1v) is 12.6. The molecule has 0 spiro atoms. The second-order valence-electron chi connectivity index (χ2n) is 9.26. The second kappa shape index (κ2) is 11.8. The molecule has 2 amide bonds. The molecular weight excluding hydrogens is 440 g/mol. The molecule has 7 nitrogen and oxygen atoms in total. The van der Waals surface area contributed by atoms with Crippen LogP contribution in [0.25, 0.3) is 6.08 Å². The van der Waals surface area contributed by atoms with Gasteiger partial charge in [-0.3, -0.25) is 9.59 Å². The van der Waals surface area contributed by atoms with Crippen molar-refractivity contribution in [3.05, 3.63) is 53.6 Å². The summed E-state index contributed by atoms with van der Waals surface area (Å²) in [6, 6.07) is 12.4. The van der Waals surface area contributed by atoms with Crippen molar-refractivity contribution >= 4 is 35.0 Å². The number of nitrogens with one attached hydrogen (secondary N) is 3. The first-order valence-electron chi connectivity index (χ1n) is 12.6. The van der Waals surface area contributed by atoms with Crippen LogP contribution < -0.4 is 25.6 Å². The van der Waals surface area contributed by atoms with Crippen LogP contribution in [0.1, 0.15) is 50.2 Å². The van der Waals surface area contributed by atoms with Crippen LogP contribution >= 0.6 is 0 Å². The average molecular weight is 477 g/mol. The number of fused-ring (bicyclic) bond motifs is 2. The Morgan fingerprint density at radius 1 is 1.29 bits per heavy atom. The number of unbranched alkanes of at least 4 members (excludes halogenated alkanes) is 1. The van der Waals surface area contributed by atoms with Gasteiger partial charge in [-0.25, -0.2) is 0 Å². The Kier molecular flexibility index (Phi) is 8.29. The number of carbonyl (C=O) groups excluding carboxylic acids is 2. The van der Waals surface area contributed by atoms with Crippen molar-refractivity contribution in [3.63, 3.8) is 0 Å². The molecule has 2 aromatic rings. The minimum atomic E-state index is -0.0146. The van der Waals surface area contributed by atoms with Crippen LogP contribution in [0, 0.1) is 0 Å². The highest BCUT2D eigenvalue weighted by atomic mass is 16.5. The number of ether oxygens (including phenoxy) is 1. The lowest BCUT2D eigenvalue weighted by Crippen LogP contribution is -2.30. The van der Waals surface area contributed by atoms with Gasteiger partial charge in [0.25, 0.3) is 0 Å². The molecule has 7 heteroatoms. The van der Waals surface area contributed by atoms with Crippen molar-refractivity contribution in [2.45, 2.75) is 51.5 Å². The smallest absolute Gasteiger partial charge is 0.226 e. The molecule has 186 valence electrons. The summed E-state index contributed by atoms with van der Waals surface area (Å²) in [5.74, 6) is 0.851. The van der Waals surface area contributed by atoms with E-state index in [1.54, 1.807) is 7.05 Å². The number of nitrogens with zero attached hydrogens (tertiary/aromatic N) is 1. The summed E-state index contributed by atoms with van der Waals surface area (Å²) >= 11 is 0. The number of rotatable bonds is 9. The lowest BCUT2D eigenvalue weighted by Gasteiger charge is -2.31. The minimum Gasteiger partial charge on any atom is -0.493 e. The maximum atomic E-state index is 12.0. The van der Waals surface area contributed by atoms with Gasteiger partial charge in [-0.15, -0.1) is 0 Å². The molecule has 2 heterocycles. The Labute approximate surface area is 207 Å². The van der Waals surface area contributed by atoms with Gasteiger partial charge in [-0.2, -0.15) is 0 Å². The van der Waals surface area contributed by atoms with Gasteiger partial charge in [0.2, 0.25) is 11.8 Å². The molecule has 2 aliphatic heterocycles. The summed E-state index contributed by atoms with van der Waals surface area (Å²) in [5, 5.41) is 9.10. The first kappa shape index (κ1) is 24.6. The summed E-state index contributed by atoms with van der Waals surface area (Å²) < 4.78 is 5.82. The predicted octanol–water partition coefficient (Wildman–Crippen LogP) is 4.59. The first-order chi connectivity index (χ1) is 17.0. The summed E-state index contributed by atoms with van der Waals surface area (Å²) in [6.07, 6.45) is 9.46. The lowest BCUT2D eigenvalue weighted by molar-refractivity contribution is -0.121. The highest BCUT2D eigenvalue weighted by molar-refractivity contribution is 5.98. The molecule has 35 heavy (non-hydrogen) atoms. The zero-order valence-corrected chi connectivity index (χ0v) is 20.7. The largest absolute Gasteiger partial charge is 0.493 e. The van der Waals surface area contributed by atoms with E-state index >= 15 is 0 Å². The van der Waals surface area contributed by atoms with Crippen LogP contribution in [-0.4, -0.2) is 44.6 Å². The Morgan fingerprint density at radius 3 is 3.03 bits per heavy atom. The van der Waals surface area contributed by atoms with E-state index in [2.05, 4.69) is 51.2 Å². The lowest BCUT2D eigenvalue weighted by atomic mass is 10.0. The van der Waals surface area contributed by atoms with Gasteiger partial charge < -0.3 is 25.6 Å². The van der Waals surface area contributed by atoms with Crippen LogP contribution in [0.5, 0.6) is 5.75 Å². The third-order valence-electron chi connectivity index (χ3n) is 6.50. The van der Waals surface area contributed by atoms with E-state index in [0.717, 1.165) is 61.5 Å². The fraction of sp³-hybridized carbons (Fsp3) is 0.429. The van der Waals surface area contributed by atoms with Crippen LogP contribution in [-0.2, 0) is 16.0 Å². The highest BCUT2D eigenvalue weighted by Gasteiger charge is 2.19. The molecular formula is C28H36N4O3. The van der Waals surface area contributed by atoms with Gasteiger partial charge in [0, 0.05) is 44.4 Å². The maximum Gasteiger partial charge on any atom is 0.226 e. The maximum absolute atomic E-state index is 12.0. The zero-order valence-electron chi connectivity index (χ0n) is 20.7. The van der Waals surface area contributed by atoms with E-state index in [4.69, 9.17) is 4.74 Å². The topological polar surface area (TPSA) is 82.7 Å². The van der Waals surface area contributed by atoms with Gasteiger partial charge in [-0.1, -0.05) is 30.4 Å². The van der Waals surface area contributed by atoms with Crippen molar-refractivity contribution in [2.75, 3.05) is 42.3 Å². The highest BCUT2D eigenvalue weighted by Crippen LogP contribution is 2.32. The molecule has 0 radical (unpaired) electrons. The van der Waals surface area contributed by atoms with E-state index in [0.29, 0.717) is 19.4 Å². The normalized spacial score (nSPS) is 17.1. The standard InChI is InChI=1S/C28H36N4O3/c1-20-18-27(34)31-24-11-6-9-22(28(24)30-20)8-4-3-5-15-32-16-7-10-21-12-13-23(19-25(21)32)35-17-14-26(33)29-2/h4,6,8-9,11-13,19-20,30H,3,5,7,10,14-18H2,1-2H3,(H,29,33)(H,31,34)/b8-4+. The molecule has 3 N–H and O–H groups in total. The Morgan fingerprint density at radius 2 is 2.17 bits per heavy atom. The molecule has 1 unspecified atom stereocenters. The number of hydrogen-bond acceptors (Lipinski definition) is 5. The Balaban J connectivity index is 1.33. The van der Waals surface area contributed by atoms with Gasteiger partial charge in [0.15, 0.2) is 0 Å². The van der Waals surface area contributed by atoms with Crippen molar-refractivity contribution < 1.29 is 14.3 Å². The molecule has 2 aromatic carbocycles. The molecule has 0 aromatic heterocycles. The van der Waals surface area contributed by atoms with E-state index in [1.165, 1.54) is 11.3 Å². The number of carbonyl (C=O) groups is 2. The molecule has 0 fully saturated rings. The number of aryl methyl sites for hydroxylation is 1. The number of para-hydroxylation sites is 1. The van der Waals surface area contributed by atoms with Crippen LogP contribution in [0.15, 0.2) is 42.5 Å². The summed E-state index contributed by atoms with van der Waals surface area (Å²) in [6.45, 7) is 4.44. The van der Waals surface area contributed by atoms with Gasteiger partial charge >= 0.3 is 0 Å². The van der Waals surface area contributed by atoms with Gasteiger partial charge in [0.1, 0.15) is 5.75 Å². The number of allylic oxidation sites excluding steroid dienone is 1. The van der Waals surface area contributed by atoms with Crippen LogP contribution in [0.3, 0.4) is 0 Å². The summed E-state index contributed by atoms with van der Waals surface area (Å²) in [5.41, 5.74) is 5.55. The van der Waals surface area contributed by atoms with Gasteiger partial charge in [-0.05, 0) is 55.9 Å². The quantitative estimate of drug-likeness (QED) is 0.461. The zero-order chi connectivity index (χ0) is 24.6. The summed E-state index contributed by atoms with van der Waals surface area (Å²) in [4.78, 5) is 25.9. The third-order valence-corrected chi connectivity index (χ3v) is 6.50.